The molecule has 5 heteroatoms. The minimum Gasteiger partial charge on any atom is -0.480 e. The van der Waals surface area contributed by atoms with Crippen molar-refractivity contribution in [2.75, 3.05) is 5.75 Å². The first-order chi connectivity index (χ1) is 10.1. The van der Waals surface area contributed by atoms with Gasteiger partial charge in [0.05, 0.1) is 0 Å². The van der Waals surface area contributed by atoms with E-state index in [0.717, 1.165) is 30.6 Å². The summed E-state index contributed by atoms with van der Waals surface area (Å²) in [5.74, 6) is -0.247. The largest absolute Gasteiger partial charge is 0.480 e. The number of aryl methyl sites for hydroxylation is 1. The number of amides is 1. The zero-order chi connectivity index (χ0) is 15.2. The molecule has 114 valence electrons. The van der Waals surface area contributed by atoms with E-state index in [1.165, 1.54) is 5.56 Å². The summed E-state index contributed by atoms with van der Waals surface area (Å²) in [6.07, 6.45) is 3.16. The molecule has 1 amide bonds. The van der Waals surface area contributed by atoms with Crippen molar-refractivity contribution in [3.05, 3.63) is 35.4 Å². The molecule has 1 aliphatic heterocycles. The first kappa shape index (κ1) is 15.9. The van der Waals surface area contributed by atoms with E-state index < -0.39 is 12.0 Å². The second-order valence-corrected chi connectivity index (χ2v) is 6.45. The number of hydrogen-bond acceptors (Lipinski definition) is 3. The number of hydrogen-bond donors (Lipinski definition) is 2. The molecule has 1 heterocycles. The van der Waals surface area contributed by atoms with Crippen LogP contribution >= 0.6 is 11.8 Å². The fourth-order valence-electron chi connectivity index (χ4n) is 2.52. The van der Waals surface area contributed by atoms with Gasteiger partial charge in [0.1, 0.15) is 11.3 Å². The molecular weight excluding hydrogens is 286 g/mol. The molecule has 1 unspecified atom stereocenters. The Labute approximate surface area is 129 Å². The average molecular weight is 307 g/mol. The van der Waals surface area contributed by atoms with Gasteiger partial charge >= 0.3 is 5.97 Å². The molecule has 1 aromatic rings. The van der Waals surface area contributed by atoms with Crippen LogP contribution in [0.4, 0.5) is 0 Å². The second kappa shape index (κ2) is 7.50. The summed E-state index contributed by atoms with van der Waals surface area (Å²) in [5, 5.41) is 11.6. The van der Waals surface area contributed by atoms with Crippen LogP contribution in [0.2, 0.25) is 0 Å². The summed E-state index contributed by atoms with van der Waals surface area (Å²) in [6.45, 7) is 2.01. The van der Waals surface area contributed by atoms with Gasteiger partial charge in [0.15, 0.2) is 0 Å². The van der Waals surface area contributed by atoms with Crippen LogP contribution in [-0.2, 0) is 16.0 Å². The van der Waals surface area contributed by atoms with Gasteiger partial charge in [0, 0.05) is 0 Å². The Hall–Kier alpha value is -1.49. The van der Waals surface area contributed by atoms with Crippen LogP contribution in [0.3, 0.4) is 0 Å². The van der Waals surface area contributed by atoms with Gasteiger partial charge in [0.2, 0.25) is 5.91 Å². The molecule has 1 aromatic carbocycles. The fraction of sp³-hybridized carbons (Fsp3) is 0.500. The number of carboxylic acid groups (broad SMARTS) is 1. The number of carboxylic acids is 1. The number of carbonyl (C=O) groups excluding carboxylic acids is 1. The SMILES string of the molecule is CCCC[C@H](NC(=O)C1SCCc2ccccc21)C(=O)O. The molecule has 0 aromatic heterocycles. The van der Waals surface area contributed by atoms with Crippen LogP contribution in [0.1, 0.15) is 42.6 Å². The van der Waals surface area contributed by atoms with E-state index in [1.807, 2.05) is 31.2 Å². The molecule has 0 radical (unpaired) electrons. The molecule has 0 fully saturated rings. The van der Waals surface area contributed by atoms with E-state index in [2.05, 4.69) is 5.32 Å². The molecule has 0 bridgehead atoms. The Balaban J connectivity index is 2.08. The molecule has 0 saturated heterocycles. The Morgan fingerprint density at radius 1 is 1.43 bits per heavy atom. The number of carbonyl (C=O) groups is 2. The highest BCUT2D eigenvalue weighted by Crippen LogP contribution is 2.36. The van der Waals surface area contributed by atoms with Gasteiger partial charge in [-0.05, 0) is 29.7 Å². The van der Waals surface area contributed by atoms with Gasteiger partial charge < -0.3 is 10.4 Å². The average Bonchev–Trinajstić information content (AvgIpc) is 2.50. The third kappa shape index (κ3) is 4.00. The molecule has 0 spiro atoms. The standard InChI is InChI=1S/C16H21NO3S/c1-2-3-8-13(16(19)20)17-15(18)14-12-7-5-4-6-11(12)9-10-21-14/h4-7,13-14H,2-3,8-10H2,1H3,(H,17,18)(H,19,20)/t13-,14?/m0/s1. The molecular formula is C16H21NO3S. The lowest BCUT2D eigenvalue weighted by molar-refractivity contribution is -0.142. The van der Waals surface area contributed by atoms with Gasteiger partial charge in [-0.2, -0.15) is 0 Å². The minimum atomic E-state index is -0.953. The van der Waals surface area contributed by atoms with Crippen LogP contribution in [0.15, 0.2) is 24.3 Å². The summed E-state index contributed by atoms with van der Waals surface area (Å²) in [4.78, 5) is 23.7. The molecule has 4 nitrogen and oxygen atoms in total. The van der Waals surface area contributed by atoms with Crippen molar-refractivity contribution in [2.45, 2.75) is 43.9 Å². The lowest BCUT2D eigenvalue weighted by Gasteiger charge is -2.25. The number of nitrogens with one attached hydrogen (secondary N) is 1. The Bertz CT molecular complexity index is 518. The molecule has 0 saturated carbocycles. The van der Waals surface area contributed by atoms with E-state index in [-0.39, 0.29) is 11.2 Å². The van der Waals surface area contributed by atoms with Crippen LogP contribution in [0.5, 0.6) is 0 Å². The van der Waals surface area contributed by atoms with E-state index in [4.69, 9.17) is 0 Å². The van der Waals surface area contributed by atoms with Crippen molar-refractivity contribution in [2.24, 2.45) is 0 Å². The maximum absolute atomic E-state index is 12.4. The number of fused-ring (bicyclic) bond motifs is 1. The van der Waals surface area contributed by atoms with Crippen LogP contribution in [-0.4, -0.2) is 28.8 Å². The molecule has 0 aliphatic carbocycles. The Morgan fingerprint density at radius 3 is 2.90 bits per heavy atom. The predicted octanol–water partition coefficient (Wildman–Crippen LogP) is 2.78. The summed E-state index contributed by atoms with van der Waals surface area (Å²) in [5.41, 5.74) is 2.21. The summed E-state index contributed by atoms with van der Waals surface area (Å²) in [7, 11) is 0. The third-order valence-corrected chi connectivity index (χ3v) is 4.93. The van der Waals surface area contributed by atoms with Gasteiger partial charge in [0.25, 0.3) is 0 Å². The minimum absolute atomic E-state index is 0.185. The van der Waals surface area contributed by atoms with Crippen LogP contribution in [0, 0.1) is 0 Å². The summed E-state index contributed by atoms with van der Waals surface area (Å²) >= 11 is 1.59. The lowest BCUT2D eigenvalue weighted by Crippen LogP contribution is -2.43. The Morgan fingerprint density at radius 2 is 2.19 bits per heavy atom. The number of aliphatic carboxylic acids is 1. The zero-order valence-corrected chi connectivity index (χ0v) is 13.0. The maximum Gasteiger partial charge on any atom is 0.326 e. The van der Waals surface area contributed by atoms with E-state index in [9.17, 15) is 14.7 Å². The predicted molar refractivity (Wildman–Crippen MR) is 84.4 cm³/mol. The molecule has 1 aliphatic rings. The smallest absolute Gasteiger partial charge is 0.326 e. The topological polar surface area (TPSA) is 66.4 Å². The van der Waals surface area contributed by atoms with Gasteiger partial charge in [-0.25, -0.2) is 4.79 Å². The van der Waals surface area contributed by atoms with Crippen molar-refractivity contribution in [1.29, 1.82) is 0 Å². The normalized spacial score (nSPS) is 18.6. The number of rotatable bonds is 6. The third-order valence-electron chi connectivity index (χ3n) is 3.69. The molecule has 2 N–H and O–H groups in total. The van der Waals surface area contributed by atoms with Gasteiger partial charge in [-0.1, -0.05) is 44.0 Å². The van der Waals surface area contributed by atoms with E-state index in [0.29, 0.717) is 6.42 Å². The highest BCUT2D eigenvalue weighted by molar-refractivity contribution is 8.00. The number of benzene rings is 1. The maximum atomic E-state index is 12.4. The highest BCUT2D eigenvalue weighted by Gasteiger charge is 2.29. The van der Waals surface area contributed by atoms with Crippen LogP contribution in [0.25, 0.3) is 0 Å². The first-order valence-corrected chi connectivity index (χ1v) is 8.41. The molecule has 21 heavy (non-hydrogen) atoms. The van der Waals surface area contributed by atoms with Gasteiger partial charge in [-0.15, -0.1) is 11.8 Å². The van der Waals surface area contributed by atoms with Crippen molar-refractivity contribution in [1.82, 2.24) is 5.32 Å². The number of unbranched alkanes of at least 4 members (excludes halogenated alkanes) is 1. The zero-order valence-electron chi connectivity index (χ0n) is 12.2. The monoisotopic (exact) mass is 307 g/mol. The van der Waals surface area contributed by atoms with Crippen molar-refractivity contribution >= 4 is 23.6 Å². The van der Waals surface area contributed by atoms with Crippen molar-refractivity contribution in [3.8, 4) is 0 Å². The van der Waals surface area contributed by atoms with Crippen molar-refractivity contribution < 1.29 is 14.7 Å². The quantitative estimate of drug-likeness (QED) is 0.848. The lowest BCUT2D eigenvalue weighted by atomic mass is 10.0. The van der Waals surface area contributed by atoms with E-state index >= 15 is 0 Å². The molecule has 2 atom stereocenters. The Kier molecular flexibility index (Phi) is 5.67. The fourth-order valence-corrected chi connectivity index (χ4v) is 3.73. The number of thioether (sulfide) groups is 1. The highest BCUT2D eigenvalue weighted by atomic mass is 32.2. The first-order valence-electron chi connectivity index (χ1n) is 7.36. The van der Waals surface area contributed by atoms with Gasteiger partial charge in [-0.3, -0.25) is 4.79 Å². The van der Waals surface area contributed by atoms with Crippen LogP contribution < -0.4 is 5.32 Å². The summed E-state index contributed by atoms with van der Waals surface area (Å²) in [6, 6.07) is 7.13. The second-order valence-electron chi connectivity index (χ2n) is 5.24. The van der Waals surface area contributed by atoms with E-state index in [1.54, 1.807) is 11.8 Å². The molecule has 2 rings (SSSR count). The summed E-state index contributed by atoms with van der Waals surface area (Å²) < 4.78 is 0. The van der Waals surface area contributed by atoms with Crippen molar-refractivity contribution in [3.63, 3.8) is 0 Å².